The molecule has 3 heterocycles. The molecule has 8 heteroatoms. The van der Waals surface area contributed by atoms with Gasteiger partial charge in [-0.25, -0.2) is 4.98 Å². The average Bonchev–Trinajstić information content (AvgIpc) is 3.28. The van der Waals surface area contributed by atoms with E-state index in [2.05, 4.69) is 16.0 Å². The maximum atomic E-state index is 12.4. The number of nitrogens with zero attached hydrogens (tertiary/aromatic N) is 3. The maximum absolute atomic E-state index is 12.4. The van der Waals surface area contributed by atoms with Gasteiger partial charge >= 0.3 is 0 Å². The summed E-state index contributed by atoms with van der Waals surface area (Å²) in [6.45, 7) is 4.45. The third-order valence-electron chi connectivity index (χ3n) is 4.73. The third kappa shape index (κ3) is 3.91. The number of piperazine rings is 1. The van der Waals surface area contributed by atoms with Crippen LogP contribution in [-0.2, 0) is 17.8 Å². The Balaban J connectivity index is 1.24. The van der Waals surface area contributed by atoms with E-state index in [4.69, 9.17) is 15.2 Å². The SMILES string of the molecule is Nc1nc(CCC(=O)N2CCN(Cc3ccc4c(c3)OCO4)CC2)cs1. The monoisotopic (exact) mass is 374 g/mol. The fourth-order valence-corrected chi connectivity index (χ4v) is 3.88. The summed E-state index contributed by atoms with van der Waals surface area (Å²) in [6, 6.07) is 6.08. The van der Waals surface area contributed by atoms with Crippen LogP contribution in [0, 0.1) is 0 Å². The number of ether oxygens (including phenoxy) is 2. The fourth-order valence-electron chi connectivity index (χ4n) is 3.28. The number of benzene rings is 1. The second kappa shape index (κ2) is 7.51. The van der Waals surface area contributed by atoms with Crippen LogP contribution in [0.25, 0.3) is 0 Å². The van der Waals surface area contributed by atoms with E-state index in [1.807, 2.05) is 22.4 Å². The van der Waals surface area contributed by atoms with E-state index in [0.29, 0.717) is 24.8 Å². The molecule has 1 aromatic heterocycles. The van der Waals surface area contributed by atoms with E-state index < -0.39 is 0 Å². The van der Waals surface area contributed by atoms with E-state index in [9.17, 15) is 4.79 Å². The largest absolute Gasteiger partial charge is 0.454 e. The molecule has 1 aromatic carbocycles. The molecule has 2 aliphatic rings. The van der Waals surface area contributed by atoms with Crippen LogP contribution >= 0.6 is 11.3 Å². The first kappa shape index (κ1) is 17.1. The van der Waals surface area contributed by atoms with Crippen LogP contribution < -0.4 is 15.2 Å². The second-order valence-electron chi connectivity index (χ2n) is 6.52. The van der Waals surface area contributed by atoms with Gasteiger partial charge < -0.3 is 20.1 Å². The van der Waals surface area contributed by atoms with Crippen LogP contribution in [0.1, 0.15) is 17.7 Å². The molecule has 0 spiro atoms. The van der Waals surface area contributed by atoms with Gasteiger partial charge in [0.2, 0.25) is 12.7 Å². The first-order valence-corrected chi connectivity index (χ1v) is 9.64. The van der Waals surface area contributed by atoms with Crippen LogP contribution in [0.4, 0.5) is 5.13 Å². The van der Waals surface area contributed by atoms with Gasteiger partial charge in [0, 0.05) is 44.5 Å². The second-order valence-corrected chi connectivity index (χ2v) is 7.41. The molecule has 4 rings (SSSR count). The number of carbonyl (C=O) groups excluding carboxylic acids is 1. The van der Waals surface area contributed by atoms with Gasteiger partial charge in [-0.1, -0.05) is 6.07 Å². The Morgan fingerprint density at radius 1 is 1.19 bits per heavy atom. The number of hydrogen-bond donors (Lipinski definition) is 1. The van der Waals surface area contributed by atoms with E-state index in [1.54, 1.807) is 0 Å². The molecule has 2 N–H and O–H groups in total. The molecule has 2 aliphatic heterocycles. The minimum absolute atomic E-state index is 0.194. The Morgan fingerprint density at radius 2 is 2.00 bits per heavy atom. The molecule has 2 aromatic rings. The topological polar surface area (TPSA) is 80.9 Å². The van der Waals surface area contributed by atoms with Gasteiger partial charge in [0.1, 0.15) is 0 Å². The van der Waals surface area contributed by atoms with Crippen molar-refractivity contribution in [2.45, 2.75) is 19.4 Å². The summed E-state index contributed by atoms with van der Waals surface area (Å²) >= 11 is 1.42. The first-order valence-electron chi connectivity index (χ1n) is 8.76. The van der Waals surface area contributed by atoms with E-state index in [1.165, 1.54) is 16.9 Å². The molecule has 0 atom stereocenters. The lowest BCUT2D eigenvalue weighted by Gasteiger charge is -2.34. The average molecular weight is 374 g/mol. The van der Waals surface area contributed by atoms with Crippen LogP contribution in [0.3, 0.4) is 0 Å². The van der Waals surface area contributed by atoms with Gasteiger partial charge in [0.15, 0.2) is 16.6 Å². The lowest BCUT2D eigenvalue weighted by Crippen LogP contribution is -2.48. The Hall–Kier alpha value is -2.32. The molecule has 7 nitrogen and oxygen atoms in total. The van der Waals surface area contributed by atoms with E-state index in [-0.39, 0.29) is 5.91 Å². The van der Waals surface area contributed by atoms with Crippen LogP contribution in [0.2, 0.25) is 0 Å². The molecule has 26 heavy (non-hydrogen) atoms. The van der Waals surface area contributed by atoms with Crippen molar-refractivity contribution in [2.75, 3.05) is 38.7 Å². The van der Waals surface area contributed by atoms with Gasteiger partial charge in [-0.05, 0) is 24.1 Å². The van der Waals surface area contributed by atoms with Crippen LogP contribution in [-0.4, -0.2) is 53.7 Å². The van der Waals surface area contributed by atoms with Gasteiger partial charge in [0.25, 0.3) is 0 Å². The van der Waals surface area contributed by atoms with Gasteiger partial charge in [0.05, 0.1) is 5.69 Å². The highest BCUT2D eigenvalue weighted by atomic mass is 32.1. The minimum Gasteiger partial charge on any atom is -0.454 e. The van der Waals surface area contributed by atoms with Crippen molar-refractivity contribution in [3.05, 3.63) is 34.8 Å². The van der Waals surface area contributed by atoms with Crippen molar-refractivity contribution in [2.24, 2.45) is 0 Å². The lowest BCUT2D eigenvalue weighted by atomic mass is 10.1. The number of fused-ring (bicyclic) bond motifs is 1. The Morgan fingerprint density at radius 3 is 2.77 bits per heavy atom. The zero-order chi connectivity index (χ0) is 17.9. The van der Waals surface area contributed by atoms with Crippen molar-refractivity contribution in [3.63, 3.8) is 0 Å². The number of aryl methyl sites for hydroxylation is 1. The fraction of sp³-hybridized carbons (Fsp3) is 0.444. The van der Waals surface area contributed by atoms with Gasteiger partial charge in [-0.15, -0.1) is 11.3 Å². The minimum atomic E-state index is 0.194. The van der Waals surface area contributed by atoms with Crippen LogP contribution in [0.15, 0.2) is 23.6 Å². The summed E-state index contributed by atoms with van der Waals surface area (Å²) in [4.78, 5) is 20.9. The number of carbonyl (C=O) groups is 1. The zero-order valence-corrected chi connectivity index (χ0v) is 15.3. The summed E-state index contributed by atoms with van der Waals surface area (Å²) < 4.78 is 10.8. The molecular weight excluding hydrogens is 352 g/mol. The van der Waals surface area contributed by atoms with Crippen molar-refractivity contribution < 1.29 is 14.3 Å². The lowest BCUT2D eigenvalue weighted by molar-refractivity contribution is -0.133. The van der Waals surface area contributed by atoms with Crippen molar-refractivity contribution in [1.29, 1.82) is 0 Å². The molecule has 1 saturated heterocycles. The maximum Gasteiger partial charge on any atom is 0.231 e. The number of hydrogen-bond acceptors (Lipinski definition) is 7. The summed E-state index contributed by atoms with van der Waals surface area (Å²) in [5.74, 6) is 1.82. The van der Waals surface area contributed by atoms with Gasteiger partial charge in [-0.2, -0.15) is 0 Å². The molecule has 138 valence electrons. The predicted octanol–water partition coefficient (Wildman–Crippen LogP) is 1.73. The highest BCUT2D eigenvalue weighted by Crippen LogP contribution is 2.32. The number of amides is 1. The molecule has 0 bridgehead atoms. The summed E-state index contributed by atoms with van der Waals surface area (Å²) in [5.41, 5.74) is 7.74. The number of anilines is 1. The molecule has 1 amide bonds. The standard InChI is InChI=1S/C18H22N4O3S/c19-18-20-14(11-26-18)2-4-17(23)22-7-5-21(6-8-22)10-13-1-3-15-16(9-13)25-12-24-15/h1,3,9,11H,2,4-8,10,12H2,(H2,19,20). The van der Waals surface area contributed by atoms with Gasteiger partial charge in [-0.3, -0.25) is 9.69 Å². The molecule has 1 fully saturated rings. The van der Waals surface area contributed by atoms with Crippen molar-refractivity contribution in [3.8, 4) is 11.5 Å². The molecule has 0 saturated carbocycles. The normalized spacial score (nSPS) is 16.8. The molecule has 0 aliphatic carbocycles. The zero-order valence-electron chi connectivity index (χ0n) is 14.5. The van der Waals surface area contributed by atoms with Crippen LogP contribution in [0.5, 0.6) is 11.5 Å². The first-order chi connectivity index (χ1) is 12.7. The quantitative estimate of drug-likeness (QED) is 0.858. The predicted molar refractivity (Wildman–Crippen MR) is 99.3 cm³/mol. The number of rotatable bonds is 5. The smallest absolute Gasteiger partial charge is 0.231 e. The Labute approximate surface area is 156 Å². The Kier molecular flexibility index (Phi) is 4.94. The Bertz CT molecular complexity index is 786. The van der Waals surface area contributed by atoms with E-state index in [0.717, 1.165) is 49.9 Å². The van der Waals surface area contributed by atoms with Crippen molar-refractivity contribution in [1.82, 2.24) is 14.8 Å². The highest BCUT2D eigenvalue weighted by Gasteiger charge is 2.22. The summed E-state index contributed by atoms with van der Waals surface area (Å²) in [6.07, 6.45) is 1.15. The molecule has 0 radical (unpaired) electrons. The summed E-state index contributed by atoms with van der Waals surface area (Å²) in [7, 11) is 0. The number of nitrogen functional groups attached to an aromatic ring is 1. The summed E-state index contributed by atoms with van der Waals surface area (Å²) in [5, 5.41) is 2.48. The number of aromatic nitrogens is 1. The molecular formula is C18H22N4O3S. The number of thiazole rings is 1. The van der Waals surface area contributed by atoms with Crippen molar-refractivity contribution >= 4 is 22.4 Å². The highest BCUT2D eigenvalue weighted by molar-refractivity contribution is 7.13. The van der Waals surface area contributed by atoms with E-state index >= 15 is 0 Å². The number of nitrogens with two attached hydrogens (primary N) is 1. The third-order valence-corrected chi connectivity index (χ3v) is 5.46. The molecule has 0 unspecified atom stereocenters.